The fourth-order valence-electron chi connectivity index (χ4n) is 0.626. The Morgan fingerprint density at radius 3 is 2.75 bits per heavy atom. The van der Waals surface area contributed by atoms with Crippen LogP contribution in [0.25, 0.3) is 0 Å². The smallest absolute Gasteiger partial charge is 0.156 e. The summed E-state index contributed by atoms with van der Waals surface area (Å²) in [5.74, 6) is 0. The SMILES string of the molecule is CC1OCC(C=O)O1. The van der Waals surface area contributed by atoms with E-state index < -0.39 is 0 Å². The zero-order valence-electron chi connectivity index (χ0n) is 4.66. The van der Waals surface area contributed by atoms with Crippen molar-refractivity contribution in [2.45, 2.75) is 19.3 Å². The highest BCUT2D eigenvalue weighted by Crippen LogP contribution is 2.07. The zero-order valence-corrected chi connectivity index (χ0v) is 4.66. The summed E-state index contributed by atoms with van der Waals surface area (Å²) < 4.78 is 9.82. The van der Waals surface area contributed by atoms with Gasteiger partial charge in [0.05, 0.1) is 6.61 Å². The molecule has 0 amide bonds. The number of carbonyl (C=O) groups excluding carboxylic acids is 1. The molecular weight excluding hydrogens is 108 g/mol. The molecule has 0 aromatic carbocycles. The molecule has 3 nitrogen and oxygen atoms in total. The van der Waals surface area contributed by atoms with Crippen molar-refractivity contribution < 1.29 is 14.3 Å². The Morgan fingerprint density at radius 2 is 2.50 bits per heavy atom. The van der Waals surface area contributed by atoms with Gasteiger partial charge in [-0.3, -0.25) is 0 Å². The zero-order chi connectivity index (χ0) is 5.98. The van der Waals surface area contributed by atoms with Crippen LogP contribution in [-0.4, -0.2) is 25.3 Å². The van der Waals surface area contributed by atoms with Gasteiger partial charge in [-0.2, -0.15) is 0 Å². The first-order chi connectivity index (χ1) is 3.83. The Labute approximate surface area is 47.6 Å². The molecule has 2 unspecified atom stereocenters. The Balaban J connectivity index is 2.32. The fraction of sp³-hybridized carbons (Fsp3) is 0.800. The molecule has 1 rings (SSSR count). The second-order valence-corrected chi connectivity index (χ2v) is 1.71. The minimum atomic E-state index is -0.329. The highest BCUT2D eigenvalue weighted by Gasteiger charge is 2.20. The molecule has 8 heavy (non-hydrogen) atoms. The summed E-state index contributed by atoms with van der Waals surface area (Å²) in [7, 11) is 0. The molecule has 1 aliphatic rings. The van der Waals surface area contributed by atoms with E-state index in [1.54, 1.807) is 6.92 Å². The van der Waals surface area contributed by atoms with Gasteiger partial charge >= 0.3 is 0 Å². The van der Waals surface area contributed by atoms with Crippen LogP contribution in [0.5, 0.6) is 0 Å². The summed E-state index contributed by atoms with van der Waals surface area (Å²) in [6, 6.07) is 0. The molecule has 0 N–H and O–H groups in total. The van der Waals surface area contributed by atoms with Crippen LogP contribution in [0, 0.1) is 0 Å². The minimum Gasteiger partial charge on any atom is -0.350 e. The van der Waals surface area contributed by atoms with E-state index in [4.69, 9.17) is 9.47 Å². The number of hydrogen-bond donors (Lipinski definition) is 0. The lowest BCUT2D eigenvalue weighted by Gasteiger charge is -1.97. The third-order valence-electron chi connectivity index (χ3n) is 1.01. The first-order valence-electron chi connectivity index (χ1n) is 2.55. The van der Waals surface area contributed by atoms with Crippen molar-refractivity contribution in [1.29, 1.82) is 0 Å². The molecule has 0 saturated carbocycles. The van der Waals surface area contributed by atoms with Gasteiger partial charge in [-0.15, -0.1) is 0 Å². The molecule has 46 valence electrons. The predicted molar refractivity (Wildman–Crippen MR) is 26.4 cm³/mol. The lowest BCUT2D eigenvalue weighted by atomic mass is 10.4. The third kappa shape index (κ3) is 1.05. The molecule has 0 spiro atoms. The minimum absolute atomic E-state index is 0.204. The summed E-state index contributed by atoms with van der Waals surface area (Å²) in [6.45, 7) is 2.17. The van der Waals surface area contributed by atoms with Gasteiger partial charge in [-0.1, -0.05) is 0 Å². The molecule has 3 heteroatoms. The van der Waals surface area contributed by atoms with Crippen LogP contribution < -0.4 is 0 Å². The number of hydrogen-bond acceptors (Lipinski definition) is 3. The molecule has 1 saturated heterocycles. The first kappa shape index (κ1) is 5.72. The van der Waals surface area contributed by atoms with Gasteiger partial charge < -0.3 is 14.3 Å². The lowest BCUT2D eigenvalue weighted by Crippen LogP contribution is -2.11. The van der Waals surface area contributed by atoms with Crippen LogP contribution >= 0.6 is 0 Å². The maximum Gasteiger partial charge on any atom is 0.156 e. The van der Waals surface area contributed by atoms with Gasteiger partial charge in [0, 0.05) is 0 Å². The molecule has 0 radical (unpaired) electrons. The molecule has 1 aliphatic heterocycles. The quantitative estimate of drug-likeness (QED) is 0.450. The molecule has 2 atom stereocenters. The Kier molecular flexibility index (Phi) is 1.60. The monoisotopic (exact) mass is 116 g/mol. The predicted octanol–water partition coefficient (Wildman–Crippen LogP) is -0.0533. The van der Waals surface area contributed by atoms with Crippen molar-refractivity contribution >= 4 is 6.29 Å². The lowest BCUT2D eigenvalue weighted by molar-refractivity contribution is -0.118. The molecular formula is C5H8O3. The van der Waals surface area contributed by atoms with Crippen molar-refractivity contribution in [3.63, 3.8) is 0 Å². The molecule has 1 fully saturated rings. The average molecular weight is 116 g/mol. The summed E-state index contributed by atoms with van der Waals surface area (Å²) >= 11 is 0. The van der Waals surface area contributed by atoms with Gasteiger partial charge in [0.15, 0.2) is 12.6 Å². The van der Waals surface area contributed by atoms with Crippen molar-refractivity contribution in [2.75, 3.05) is 6.61 Å². The number of aldehydes is 1. The van der Waals surface area contributed by atoms with Crippen LogP contribution in [0.15, 0.2) is 0 Å². The maximum atomic E-state index is 9.95. The number of ether oxygens (including phenoxy) is 2. The fourth-order valence-corrected chi connectivity index (χ4v) is 0.626. The van der Waals surface area contributed by atoms with E-state index in [2.05, 4.69) is 0 Å². The topological polar surface area (TPSA) is 35.5 Å². The molecule has 0 aliphatic carbocycles. The van der Waals surface area contributed by atoms with E-state index in [-0.39, 0.29) is 12.4 Å². The van der Waals surface area contributed by atoms with Crippen LogP contribution in [0.3, 0.4) is 0 Å². The van der Waals surface area contributed by atoms with E-state index in [1.807, 2.05) is 0 Å². The van der Waals surface area contributed by atoms with Crippen molar-refractivity contribution in [1.82, 2.24) is 0 Å². The first-order valence-corrected chi connectivity index (χ1v) is 2.55. The van der Waals surface area contributed by atoms with Gasteiger partial charge in [-0.05, 0) is 6.92 Å². The van der Waals surface area contributed by atoms with Crippen LogP contribution in [-0.2, 0) is 14.3 Å². The normalized spacial score (nSPS) is 37.6. The molecule has 0 bridgehead atoms. The molecule has 0 aromatic rings. The standard InChI is InChI=1S/C5H8O3/c1-4-7-3-5(2-6)8-4/h2,4-5H,3H2,1H3. The van der Waals surface area contributed by atoms with Crippen molar-refractivity contribution in [2.24, 2.45) is 0 Å². The van der Waals surface area contributed by atoms with Crippen LogP contribution in [0.2, 0.25) is 0 Å². The van der Waals surface area contributed by atoms with Crippen LogP contribution in [0.1, 0.15) is 6.92 Å². The molecule has 0 aromatic heterocycles. The van der Waals surface area contributed by atoms with Gasteiger partial charge in [0.2, 0.25) is 0 Å². The van der Waals surface area contributed by atoms with E-state index >= 15 is 0 Å². The van der Waals surface area contributed by atoms with Gasteiger partial charge in [0.1, 0.15) is 6.10 Å². The Bertz CT molecular complexity index is 91.7. The average Bonchev–Trinajstić information content (AvgIpc) is 2.14. The Morgan fingerprint density at radius 1 is 1.75 bits per heavy atom. The maximum absolute atomic E-state index is 9.95. The third-order valence-corrected chi connectivity index (χ3v) is 1.01. The second-order valence-electron chi connectivity index (χ2n) is 1.71. The summed E-state index contributed by atoms with van der Waals surface area (Å²) in [4.78, 5) is 9.95. The van der Waals surface area contributed by atoms with E-state index in [0.717, 1.165) is 6.29 Å². The summed E-state index contributed by atoms with van der Waals surface area (Å²) in [5, 5.41) is 0. The second kappa shape index (κ2) is 2.24. The van der Waals surface area contributed by atoms with E-state index in [0.29, 0.717) is 6.61 Å². The van der Waals surface area contributed by atoms with Crippen molar-refractivity contribution in [3.05, 3.63) is 0 Å². The summed E-state index contributed by atoms with van der Waals surface area (Å²) in [5.41, 5.74) is 0. The van der Waals surface area contributed by atoms with E-state index in [1.165, 1.54) is 0 Å². The number of rotatable bonds is 1. The van der Waals surface area contributed by atoms with Gasteiger partial charge in [-0.25, -0.2) is 0 Å². The van der Waals surface area contributed by atoms with Crippen LogP contribution in [0.4, 0.5) is 0 Å². The van der Waals surface area contributed by atoms with Crippen molar-refractivity contribution in [3.8, 4) is 0 Å². The highest BCUT2D eigenvalue weighted by atomic mass is 16.7. The molecule has 1 heterocycles. The Hall–Kier alpha value is -0.410. The largest absolute Gasteiger partial charge is 0.350 e. The highest BCUT2D eigenvalue weighted by molar-refractivity contribution is 5.56. The number of carbonyl (C=O) groups is 1. The van der Waals surface area contributed by atoms with E-state index in [9.17, 15) is 4.79 Å². The van der Waals surface area contributed by atoms with Gasteiger partial charge in [0.25, 0.3) is 0 Å². The summed E-state index contributed by atoms with van der Waals surface area (Å²) in [6.07, 6.45) is 0.221.